The number of carboxylic acids is 1. The van der Waals surface area contributed by atoms with Crippen molar-refractivity contribution in [2.24, 2.45) is 5.92 Å². The number of hydrogen-bond acceptors (Lipinski definition) is 3. The van der Waals surface area contributed by atoms with E-state index in [4.69, 9.17) is 0 Å². The monoisotopic (exact) mass is 441 g/mol. The van der Waals surface area contributed by atoms with E-state index in [0.29, 0.717) is 6.54 Å². The van der Waals surface area contributed by atoms with Gasteiger partial charge in [-0.3, -0.25) is 9.59 Å². The van der Waals surface area contributed by atoms with E-state index in [1.165, 1.54) is 4.90 Å². The predicted octanol–water partition coefficient (Wildman–Crippen LogP) is 4.00. The summed E-state index contributed by atoms with van der Waals surface area (Å²) >= 11 is 3.40. The lowest BCUT2D eigenvalue weighted by Gasteiger charge is -2.24. The Morgan fingerprint density at radius 1 is 1.14 bits per heavy atom. The van der Waals surface area contributed by atoms with Crippen LogP contribution < -0.4 is 0 Å². The molecule has 7 heteroatoms. The van der Waals surface area contributed by atoms with Gasteiger partial charge < -0.3 is 14.6 Å². The van der Waals surface area contributed by atoms with Gasteiger partial charge in [-0.15, -0.1) is 0 Å². The van der Waals surface area contributed by atoms with Gasteiger partial charge in [-0.25, -0.2) is 4.98 Å². The van der Waals surface area contributed by atoms with Gasteiger partial charge in [0.15, 0.2) is 0 Å². The maximum atomic E-state index is 13.1. The van der Waals surface area contributed by atoms with Crippen molar-refractivity contribution in [1.29, 1.82) is 0 Å². The number of benzene rings is 2. The van der Waals surface area contributed by atoms with Crippen molar-refractivity contribution in [1.82, 2.24) is 14.5 Å². The van der Waals surface area contributed by atoms with Gasteiger partial charge >= 0.3 is 5.97 Å². The summed E-state index contributed by atoms with van der Waals surface area (Å²) in [6, 6.07) is 17.1. The Morgan fingerprint density at radius 3 is 2.46 bits per heavy atom. The van der Waals surface area contributed by atoms with Crippen LogP contribution in [0.4, 0.5) is 0 Å². The molecule has 0 unspecified atom stereocenters. The van der Waals surface area contributed by atoms with Crippen molar-refractivity contribution in [3.63, 3.8) is 0 Å². The van der Waals surface area contributed by atoms with Crippen LogP contribution in [0.3, 0.4) is 0 Å². The zero-order chi connectivity index (χ0) is 20.1. The first-order valence-electron chi connectivity index (χ1n) is 8.80. The fourth-order valence-corrected chi connectivity index (χ4v) is 3.05. The van der Waals surface area contributed by atoms with Gasteiger partial charge in [-0.1, -0.05) is 53.2 Å². The highest BCUT2D eigenvalue weighted by molar-refractivity contribution is 9.10. The molecule has 1 heterocycles. The number of halogens is 1. The van der Waals surface area contributed by atoms with Crippen LogP contribution in [0.15, 0.2) is 71.6 Å². The number of nitrogens with zero attached hydrogens (tertiary/aromatic N) is 3. The Bertz CT molecular complexity index is 955. The molecule has 2 aromatic carbocycles. The highest BCUT2D eigenvalue weighted by Gasteiger charge is 2.23. The second-order valence-electron chi connectivity index (χ2n) is 6.55. The summed E-state index contributed by atoms with van der Waals surface area (Å²) in [6.45, 7) is 2.02. The van der Waals surface area contributed by atoms with Crippen LogP contribution in [0, 0.1) is 5.92 Å². The molecule has 1 amide bonds. The van der Waals surface area contributed by atoms with Gasteiger partial charge in [0.05, 0.1) is 5.92 Å². The third-order valence-electron chi connectivity index (χ3n) is 4.35. The Kier molecular flexibility index (Phi) is 6.26. The van der Waals surface area contributed by atoms with Gasteiger partial charge in [0.25, 0.3) is 5.91 Å². The number of amides is 1. The average Bonchev–Trinajstić information content (AvgIpc) is 3.18. The van der Waals surface area contributed by atoms with Crippen molar-refractivity contribution in [3.05, 3.63) is 82.9 Å². The summed E-state index contributed by atoms with van der Waals surface area (Å²) in [6.07, 6.45) is 3.24. The van der Waals surface area contributed by atoms with E-state index in [2.05, 4.69) is 20.9 Å². The number of carbonyl (C=O) groups excluding carboxylic acids is 1. The summed E-state index contributed by atoms with van der Waals surface area (Å²) in [5.41, 5.74) is 2.08. The third-order valence-corrected chi connectivity index (χ3v) is 4.87. The topological polar surface area (TPSA) is 75.4 Å². The molecule has 144 valence electrons. The lowest BCUT2D eigenvalue weighted by Crippen LogP contribution is -2.36. The van der Waals surface area contributed by atoms with Crippen molar-refractivity contribution < 1.29 is 14.7 Å². The van der Waals surface area contributed by atoms with E-state index in [1.807, 2.05) is 54.6 Å². The van der Waals surface area contributed by atoms with Crippen molar-refractivity contribution in [2.75, 3.05) is 6.54 Å². The van der Waals surface area contributed by atoms with Gasteiger partial charge in [0.1, 0.15) is 12.0 Å². The van der Waals surface area contributed by atoms with Crippen LogP contribution in [-0.4, -0.2) is 38.0 Å². The molecular formula is C21H20BrN3O3. The number of carboxylic acid groups (broad SMARTS) is 1. The summed E-state index contributed by atoms with van der Waals surface area (Å²) in [5.74, 6) is -1.92. The molecule has 0 spiro atoms. The number of imidazole rings is 1. The maximum absolute atomic E-state index is 13.1. The summed E-state index contributed by atoms with van der Waals surface area (Å²) in [4.78, 5) is 30.1. The Labute approximate surface area is 171 Å². The van der Waals surface area contributed by atoms with Crippen molar-refractivity contribution >= 4 is 27.8 Å². The zero-order valence-electron chi connectivity index (χ0n) is 15.3. The highest BCUT2D eigenvalue weighted by atomic mass is 79.9. The van der Waals surface area contributed by atoms with E-state index in [1.54, 1.807) is 24.0 Å². The van der Waals surface area contributed by atoms with Crippen LogP contribution in [0.25, 0.3) is 5.69 Å². The molecule has 6 nitrogen and oxygen atoms in total. The average molecular weight is 442 g/mol. The number of aromatic nitrogens is 2. The lowest BCUT2D eigenvalue weighted by molar-refractivity contribution is -0.141. The minimum absolute atomic E-state index is 0.105. The first kappa shape index (κ1) is 19.8. The maximum Gasteiger partial charge on any atom is 0.308 e. The van der Waals surface area contributed by atoms with Gasteiger partial charge in [-0.2, -0.15) is 0 Å². The molecule has 1 N–H and O–H groups in total. The fraction of sp³-hybridized carbons (Fsp3) is 0.190. The molecule has 0 bridgehead atoms. The van der Waals surface area contributed by atoms with Gasteiger partial charge in [0, 0.05) is 29.4 Å². The zero-order valence-corrected chi connectivity index (χ0v) is 16.9. The van der Waals surface area contributed by atoms with E-state index in [0.717, 1.165) is 15.7 Å². The molecule has 1 aromatic heterocycles. The molecule has 0 fully saturated rings. The summed E-state index contributed by atoms with van der Waals surface area (Å²) < 4.78 is 2.73. The van der Waals surface area contributed by atoms with Gasteiger partial charge in [0.2, 0.25) is 0 Å². The molecule has 0 aliphatic carbocycles. The standard InChI is InChI=1S/C21H20BrN3O3/c1-15(21(27)28)11-24(12-16-5-3-2-4-6-16)20(26)19-13-25(14-23-19)18-9-7-17(22)8-10-18/h2-10,13-15H,11-12H2,1H3,(H,27,28)/t15-/m1/s1. The minimum Gasteiger partial charge on any atom is -0.481 e. The van der Waals surface area contributed by atoms with Gasteiger partial charge in [-0.05, 0) is 29.8 Å². The van der Waals surface area contributed by atoms with E-state index in [-0.39, 0.29) is 18.1 Å². The molecule has 0 saturated heterocycles. The number of hydrogen-bond donors (Lipinski definition) is 1. The summed E-state index contributed by atoms with van der Waals surface area (Å²) in [5, 5.41) is 9.26. The SMILES string of the molecule is C[C@H](CN(Cc1ccccc1)C(=O)c1cn(-c2ccc(Br)cc2)cn1)C(=O)O. The molecule has 0 radical (unpaired) electrons. The van der Waals surface area contributed by atoms with Crippen LogP contribution in [0.5, 0.6) is 0 Å². The lowest BCUT2D eigenvalue weighted by atomic mass is 10.1. The van der Waals surface area contributed by atoms with Crippen molar-refractivity contribution in [3.8, 4) is 5.69 Å². The smallest absolute Gasteiger partial charge is 0.308 e. The molecule has 28 heavy (non-hydrogen) atoms. The second kappa shape index (κ2) is 8.84. The second-order valence-corrected chi connectivity index (χ2v) is 7.47. The van der Waals surface area contributed by atoms with E-state index >= 15 is 0 Å². The Morgan fingerprint density at radius 2 is 1.82 bits per heavy atom. The summed E-state index contributed by atoms with van der Waals surface area (Å²) in [7, 11) is 0. The Balaban J connectivity index is 1.83. The Hall–Kier alpha value is -2.93. The molecule has 1 atom stereocenters. The minimum atomic E-state index is -0.939. The first-order valence-corrected chi connectivity index (χ1v) is 9.59. The van der Waals surface area contributed by atoms with Crippen LogP contribution >= 0.6 is 15.9 Å². The molecule has 0 saturated carbocycles. The number of rotatable bonds is 7. The quantitative estimate of drug-likeness (QED) is 0.600. The first-order chi connectivity index (χ1) is 13.4. The van der Waals surface area contributed by atoms with E-state index < -0.39 is 11.9 Å². The van der Waals surface area contributed by atoms with Crippen LogP contribution in [-0.2, 0) is 11.3 Å². The molecular weight excluding hydrogens is 422 g/mol. The highest BCUT2D eigenvalue weighted by Crippen LogP contribution is 2.16. The number of aliphatic carboxylic acids is 1. The van der Waals surface area contributed by atoms with Crippen LogP contribution in [0.1, 0.15) is 23.0 Å². The van der Waals surface area contributed by atoms with Crippen molar-refractivity contribution in [2.45, 2.75) is 13.5 Å². The molecule has 3 rings (SSSR count). The fourth-order valence-electron chi connectivity index (χ4n) is 2.78. The van der Waals surface area contributed by atoms with Crippen LogP contribution in [0.2, 0.25) is 0 Å². The molecule has 3 aromatic rings. The molecule has 0 aliphatic rings. The van der Waals surface area contributed by atoms with E-state index in [9.17, 15) is 14.7 Å². The predicted molar refractivity (Wildman–Crippen MR) is 109 cm³/mol. The molecule has 0 aliphatic heterocycles. The normalized spacial score (nSPS) is 11.8. The third kappa shape index (κ3) is 4.86. The largest absolute Gasteiger partial charge is 0.481 e. The number of carbonyl (C=O) groups is 2.